The highest BCUT2D eigenvalue weighted by Gasteiger charge is 2.25. The van der Waals surface area contributed by atoms with E-state index in [0.717, 1.165) is 19.6 Å². The average Bonchev–Trinajstić information content (AvgIpc) is 1.94. The Labute approximate surface area is 68.1 Å². The van der Waals surface area contributed by atoms with Crippen molar-refractivity contribution in [1.29, 1.82) is 0 Å². The third-order valence-electron chi connectivity index (χ3n) is 2.26. The minimum atomic E-state index is 0.411. The van der Waals surface area contributed by atoms with Gasteiger partial charge in [-0.1, -0.05) is 13.8 Å². The van der Waals surface area contributed by atoms with Gasteiger partial charge in [-0.25, -0.2) is 10.0 Å². The molecular weight excluding hydrogens is 140 g/mol. The first-order valence-corrected chi connectivity index (χ1v) is 4.12. The van der Waals surface area contributed by atoms with Gasteiger partial charge in [0, 0.05) is 25.7 Å². The molecule has 4 nitrogen and oxygen atoms in total. The molecule has 66 valence electrons. The number of nitrogens with zero attached hydrogens (tertiary/aromatic N) is 2. The van der Waals surface area contributed by atoms with Crippen molar-refractivity contribution in [3.63, 3.8) is 0 Å². The van der Waals surface area contributed by atoms with Crippen LogP contribution >= 0.6 is 0 Å². The van der Waals surface area contributed by atoms with Crippen LogP contribution in [-0.2, 0) is 0 Å². The Morgan fingerprint density at radius 2 is 1.91 bits per heavy atom. The first-order chi connectivity index (χ1) is 5.11. The molecule has 1 aliphatic rings. The highest BCUT2D eigenvalue weighted by atomic mass is 15.5. The first kappa shape index (κ1) is 8.93. The highest BCUT2D eigenvalue weighted by Crippen LogP contribution is 2.11. The number of rotatable bonds is 1. The lowest BCUT2D eigenvalue weighted by Crippen LogP contribution is -2.59. The fraction of sp³-hybridized carbons (Fsp3) is 1.00. The zero-order valence-corrected chi connectivity index (χ0v) is 7.33. The molecular formula is C7H18N4. The average molecular weight is 158 g/mol. The van der Waals surface area contributed by atoms with Crippen LogP contribution in [0.1, 0.15) is 13.8 Å². The maximum atomic E-state index is 5.79. The maximum Gasteiger partial charge on any atom is 0.0405 e. The molecule has 1 saturated heterocycles. The van der Waals surface area contributed by atoms with Gasteiger partial charge in [-0.15, -0.1) is 0 Å². The SMILES string of the molecule is CC(C)C1CN(N)CCN1N. The molecule has 1 aliphatic heterocycles. The second kappa shape index (κ2) is 3.49. The quantitative estimate of drug-likeness (QED) is 0.499. The lowest BCUT2D eigenvalue weighted by Gasteiger charge is -2.38. The van der Waals surface area contributed by atoms with Crippen molar-refractivity contribution in [3.05, 3.63) is 0 Å². The van der Waals surface area contributed by atoms with Gasteiger partial charge < -0.3 is 0 Å². The molecule has 0 aromatic rings. The minimum Gasteiger partial charge on any atom is -0.269 e. The molecule has 1 rings (SSSR count). The lowest BCUT2D eigenvalue weighted by molar-refractivity contribution is 0.0499. The van der Waals surface area contributed by atoms with Crippen molar-refractivity contribution in [3.8, 4) is 0 Å². The van der Waals surface area contributed by atoms with E-state index < -0.39 is 0 Å². The number of hydrazine groups is 2. The fourth-order valence-corrected chi connectivity index (χ4v) is 1.44. The number of hydrogen-bond donors (Lipinski definition) is 2. The minimum absolute atomic E-state index is 0.411. The zero-order chi connectivity index (χ0) is 8.43. The van der Waals surface area contributed by atoms with Gasteiger partial charge in [0.1, 0.15) is 0 Å². The van der Waals surface area contributed by atoms with Gasteiger partial charge in [-0.2, -0.15) is 0 Å². The molecule has 1 fully saturated rings. The molecule has 11 heavy (non-hydrogen) atoms. The van der Waals surface area contributed by atoms with Crippen LogP contribution in [0.25, 0.3) is 0 Å². The summed E-state index contributed by atoms with van der Waals surface area (Å²) in [5.41, 5.74) is 0. The molecule has 0 saturated carbocycles. The monoisotopic (exact) mass is 158 g/mol. The Kier molecular flexibility index (Phi) is 2.84. The molecule has 0 aliphatic carbocycles. The molecule has 0 radical (unpaired) electrons. The Morgan fingerprint density at radius 3 is 2.36 bits per heavy atom. The van der Waals surface area contributed by atoms with Gasteiger partial charge in [0.05, 0.1) is 0 Å². The van der Waals surface area contributed by atoms with E-state index in [9.17, 15) is 0 Å². The van der Waals surface area contributed by atoms with Crippen LogP contribution < -0.4 is 11.7 Å². The number of piperazine rings is 1. The van der Waals surface area contributed by atoms with Crippen molar-refractivity contribution in [2.45, 2.75) is 19.9 Å². The molecule has 4 heteroatoms. The van der Waals surface area contributed by atoms with Crippen LogP contribution in [0.3, 0.4) is 0 Å². The summed E-state index contributed by atoms with van der Waals surface area (Å²) in [4.78, 5) is 0. The van der Waals surface area contributed by atoms with Crippen LogP contribution in [0.2, 0.25) is 0 Å². The molecule has 0 aromatic carbocycles. The molecule has 1 unspecified atom stereocenters. The van der Waals surface area contributed by atoms with Gasteiger partial charge in [0.25, 0.3) is 0 Å². The number of hydrogen-bond acceptors (Lipinski definition) is 4. The summed E-state index contributed by atoms with van der Waals surface area (Å²) < 4.78 is 0. The zero-order valence-electron chi connectivity index (χ0n) is 7.33. The van der Waals surface area contributed by atoms with Crippen LogP contribution in [0.4, 0.5) is 0 Å². The second-order valence-corrected chi connectivity index (χ2v) is 3.54. The van der Waals surface area contributed by atoms with Crippen LogP contribution in [0.5, 0.6) is 0 Å². The van der Waals surface area contributed by atoms with Gasteiger partial charge in [0.2, 0.25) is 0 Å². The smallest absolute Gasteiger partial charge is 0.0405 e. The van der Waals surface area contributed by atoms with E-state index in [1.807, 2.05) is 10.0 Å². The molecule has 0 spiro atoms. The summed E-state index contributed by atoms with van der Waals surface area (Å²) in [5, 5.41) is 3.74. The Morgan fingerprint density at radius 1 is 1.27 bits per heavy atom. The van der Waals surface area contributed by atoms with Crippen LogP contribution in [0.15, 0.2) is 0 Å². The predicted molar refractivity (Wildman–Crippen MR) is 45.3 cm³/mol. The molecule has 0 amide bonds. The normalized spacial score (nSPS) is 29.7. The van der Waals surface area contributed by atoms with Crippen LogP contribution in [0, 0.1) is 5.92 Å². The number of nitrogens with two attached hydrogens (primary N) is 2. The van der Waals surface area contributed by atoms with E-state index in [0.29, 0.717) is 12.0 Å². The largest absolute Gasteiger partial charge is 0.269 e. The van der Waals surface area contributed by atoms with Crippen LogP contribution in [-0.4, -0.2) is 35.7 Å². The Bertz CT molecular complexity index is 126. The molecule has 4 N–H and O–H groups in total. The van der Waals surface area contributed by atoms with Gasteiger partial charge in [-0.05, 0) is 5.92 Å². The lowest BCUT2D eigenvalue weighted by atomic mass is 10.0. The summed E-state index contributed by atoms with van der Waals surface area (Å²) in [6, 6.07) is 0.411. The van der Waals surface area contributed by atoms with E-state index in [2.05, 4.69) is 13.8 Å². The van der Waals surface area contributed by atoms with E-state index in [-0.39, 0.29) is 0 Å². The summed E-state index contributed by atoms with van der Waals surface area (Å²) >= 11 is 0. The third-order valence-corrected chi connectivity index (χ3v) is 2.26. The van der Waals surface area contributed by atoms with E-state index in [1.165, 1.54) is 0 Å². The van der Waals surface area contributed by atoms with Gasteiger partial charge in [0.15, 0.2) is 0 Å². The highest BCUT2D eigenvalue weighted by molar-refractivity contribution is 4.78. The molecule has 0 bridgehead atoms. The first-order valence-electron chi connectivity index (χ1n) is 4.12. The van der Waals surface area contributed by atoms with Gasteiger partial charge in [-0.3, -0.25) is 11.7 Å². The van der Waals surface area contributed by atoms with Crippen molar-refractivity contribution < 1.29 is 0 Å². The summed E-state index contributed by atoms with van der Waals surface area (Å²) in [7, 11) is 0. The Balaban J connectivity index is 2.47. The second-order valence-electron chi connectivity index (χ2n) is 3.54. The molecule has 0 aromatic heterocycles. The predicted octanol–water partition coefficient (Wildman–Crippen LogP) is -0.624. The van der Waals surface area contributed by atoms with Crippen molar-refractivity contribution in [2.75, 3.05) is 19.6 Å². The third kappa shape index (κ3) is 2.13. The molecule has 1 atom stereocenters. The van der Waals surface area contributed by atoms with Crippen molar-refractivity contribution in [1.82, 2.24) is 10.0 Å². The molecule has 1 heterocycles. The standard InChI is InChI=1S/C7H18N4/c1-6(2)7-5-10(8)3-4-11(7)9/h6-7H,3-5,8-9H2,1-2H3. The summed E-state index contributed by atoms with van der Waals surface area (Å²) in [5.74, 6) is 12.0. The summed E-state index contributed by atoms with van der Waals surface area (Å²) in [6.07, 6.45) is 0. The fourth-order valence-electron chi connectivity index (χ4n) is 1.44. The van der Waals surface area contributed by atoms with E-state index >= 15 is 0 Å². The summed E-state index contributed by atoms with van der Waals surface area (Å²) in [6.45, 7) is 6.97. The van der Waals surface area contributed by atoms with Crippen molar-refractivity contribution in [2.24, 2.45) is 17.6 Å². The van der Waals surface area contributed by atoms with Crippen molar-refractivity contribution >= 4 is 0 Å². The topological polar surface area (TPSA) is 58.5 Å². The van der Waals surface area contributed by atoms with E-state index in [4.69, 9.17) is 11.7 Å². The Hall–Kier alpha value is -0.160. The maximum absolute atomic E-state index is 5.79. The van der Waals surface area contributed by atoms with Gasteiger partial charge >= 0.3 is 0 Å². The van der Waals surface area contributed by atoms with E-state index in [1.54, 1.807) is 0 Å².